The molecule has 0 bridgehead atoms. The molecule has 2 aromatic rings. The number of anilines is 1. The summed E-state index contributed by atoms with van der Waals surface area (Å²) in [6.45, 7) is 5.31. The van der Waals surface area contributed by atoms with Gasteiger partial charge in [0.15, 0.2) is 0 Å². The molecule has 2 rings (SSSR count). The fourth-order valence-corrected chi connectivity index (χ4v) is 2.35. The number of benzene rings is 2. The fourth-order valence-electron chi connectivity index (χ4n) is 2.07. The number of halogens is 1. The van der Waals surface area contributed by atoms with Crippen LogP contribution < -0.4 is 5.32 Å². The van der Waals surface area contributed by atoms with E-state index in [0.717, 1.165) is 18.3 Å². The maximum absolute atomic E-state index is 3.55. The minimum Gasteiger partial charge on any atom is -0.384 e. The summed E-state index contributed by atoms with van der Waals surface area (Å²) in [5.41, 5.74) is 3.91. The molecule has 0 saturated heterocycles. The van der Waals surface area contributed by atoms with E-state index in [4.69, 9.17) is 0 Å². The van der Waals surface area contributed by atoms with E-state index < -0.39 is 0 Å². The molecular weight excluding hydrogens is 274 g/mol. The smallest absolute Gasteiger partial charge is 0.0449 e. The molecule has 0 heterocycles. The van der Waals surface area contributed by atoms with Gasteiger partial charge in [0, 0.05) is 22.9 Å². The molecule has 0 radical (unpaired) electrons. The molecule has 0 saturated carbocycles. The van der Waals surface area contributed by atoms with Crippen molar-refractivity contribution in [2.24, 2.45) is 0 Å². The highest BCUT2D eigenvalue weighted by Gasteiger charge is 2.04. The second-order valence-corrected chi connectivity index (χ2v) is 5.24. The van der Waals surface area contributed by atoms with Crippen LogP contribution in [0.25, 0.3) is 10.8 Å². The van der Waals surface area contributed by atoms with Gasteiger partial charge in [0.25, 0.3) is 0 Å². The predicted octanol–water partition coefficient (Wildman–Crippen LogP) is 4.65. The van der Waals surface area contributed by atoms with Gasteiger partial charge in [-0.1, -0.05) is 51.8 Å². The molecule has 0 aliphatic rings. The van der Waals surface area contributed by atoms with Crippen molar-refractivity contribution in [1.82, 2.24) is 0 Å². The number of fused-ring (bicyclic) bond motifs is 1. The molecule has 1 nitrogen and oxygen atoms in total. The lowest BCUT2D eigenvalue weighted by Gasteiger charge is -2.13. The Hall–Kier alpha value is -1.02. The number of aryl methyl sites for hydroxylation is 2. The highest BCUT2D eigenvalue weighted by atomic mass is 79.9. The monoisotopic (exact) mass is 291 g/mol. The van der Waals surface area contributed by atoms with Crippen molar-refractivity contribution in [2.75, 3.05) is 17.2 Å². The second-order valence-electron chi connectivity index (χ2n) is 4.45. The zero-order valence-corrected chi connectivity index (χ0v) is 12.0. The number of nitrogens with one attached hydrogen (secondary N) is 1. The second kappa shape index (κ2) is 5.54. The van der Waals surface area contributed by atoms with E-state index >= 15 is 0 Å². The molecule has 2 aromatic carbocycles. The normalized spacial score (nSPS) is 10.8. The van der Waals surface area contributed by atoms with Crippen molar-refractivity contribution in [2.45, 2.75) is 20.3 Å². The number of hydrogen-bond acceptors (Lipinski definition) is 1. The van der Waals surface area contributed by atoms with E-state index in [0.29, 0.717) is 0 Å². The van der Waals surface area contributed by atoms with E-state index in [9.17, 15) is 0 Å². The summed E-state index contributed by atoms with van der Waals surface area (Å²) in [7, 11) is 0. The first-order valence-corrected chi connectivity index (χ1v) is 7.14. The third-order valence-corrected chi connectivity index (χ3v) is 3.56. The first-order chi connectivity index (χ1) is 8.22. The summed E-state index contributed by atoms with van der Waals surface area (Å²) >= 11 is 3.46. The topological polar surface area (TPSA) is 12.0 Å². The number of alkyl halides is 1. The Balaban J connectivity index is 2.41. The van der Waals surface area contributed by atoms with Crippen LogP contribution in [0, 0.1) is 13.8 Å². The van der Waals surface area contributed by atoms with Gasteiger partial charge in [-0.3, -0.25) is 0 Å². The Bertz CT molecular complexity index is 520. The molecule has 0 fully saturated rings. The van der Waals surface area contributed by atoms with Gasteiger partial charge in [0.2, 0.25) is 0 Å². The van der Waals surface area contributed by atoms with Crippen molar-refractivity contribution < 1.29 is 0 Å². The lowest BCUT2D eigenvalue weighted by molar-refractivity contribution is 0.999. The molecule has 2 heteroatoms. The summed E-state index contributed by atoms with van der Waals surface area (Å²) in [6, 6.07) is 11.0. The van der Waals surface area contributed by atoms with Crippen molar-refractivity contribution in [1.29, 1.82) is 0 Å². The Morgan fingerprint density at radius 3 is 2.71 bits per heavy atom. The van der Waals surface area contributed by atoms with E-state index in [1.165, 1.54) is 27.6 Å². The summed E-state index contributed by atoms with van der Waals surface area (Å²) < 4.78 is 0. The first kappa shape index (κ1) is 12.4. The third kappa shape index (κ3) is 2.81. The SMILES string of the molecule is Cc1ccc2c(NCCCBr)c(C)ccc2c1. The van der Waals surface area contributed by atoms with Crippen LogP contribution in [0.2, 0.25) is 0 Å². The van der Waals surface area contributed by atoms with Crippen LogP contribution in [0.5, 0.6) is 0 Å². The van der Waals surface area contributed by atoms with Crippen molar-refractivity contribution >= 4 is 32.4 Å². The third-order valence-electron chi connectivity index (χ3n) is 3.00. The van der Waals surface area contributed by atoms with Crippen molar-refractivity contribution in [3.05, 3.63) is 41.5 Å². The lowest BCUT2D eigenvalue weighted by Crippen LogP contribution is -2.04. The standard InChI is InChI=1S/C15H18BrN/c1-11-4-7-14-13(10-11)6-5-12(2)15(14)17-9-3-8-16/h4-7,10,17H,3,8-9H2,1-2H3. The lowest BCUT2D eigenvalue weighted by atomic mass is 10.0. The quantitative estimate of drug-likeness (QED) is 0.638. The zero-order valence-electron chi connectivity index (χ0n) is 10.4. The van der Waals surface area contributed by atoms with Crippen LogP contribution >= 0.6 is 15.9 Å². The van der Waals surface area contributed by atoms with Crippen molar-refractivity contribution in [3.8, 4) is 0 Å². The van der Waals surface area contributed by atoms with Gasteiger partial charge >= 0.3 is 0 Å². The van der Waals surface area contributed by atoms with Crippen LogP contribution in [0.15, 0.2) is 30.3 Å². The summed E-state index contributed by atoms with van der Waals surface area (Å²) in [5, 5.41) is 7.23. The minimum absolute atomic E-state index is 1.01. The molecule has 0 spiro atoms. The Morgan fingerprint density at radius 2 is 1.94 bits per heavy atom. The highest BCUT2D eigenvalue weighted by Crippen LogP contribution is 2.27. The molecule has 0 atom stereocenters. The summed E-state index contributed by atoms with van der Waals surface area (Å²) in [6.07, 6.45) is 1.14. The Labute approximate surface area is 111 Å². The molecule has 0 amide bonds. The van der Waals surface area contributed by atoms with E-state index in [2.05, 4.69) is 65.4 Å². The zero-order chi connectivity index (χ0) is 12.3. The molecule has 90 valence electrons. The number of hydrogen-bond donors (Lipinski definition) is 1. The fraction of sp³-hybridized carbons (Fsp3) is 0.333. The van der Waals surface area contributed by atoms with Gasteiger partial charge in [-0.25, -0.2) is 0 Å². The van der Waals surface area contributed by atoms with Gasteiger partial charge in [0.05, 0.1) is 0 Å². The maximum atomic E-state index is 3.55. The van der Waals surface area contributed by atoms with Crippen LogP contribution in [0.3, 0.4) is 0 Å². The summed E-state index contributed by atoms with van der Waals surface area (Å²) in [4.78, 5) is 0. The van der Waals surface area contributed by atoms with E-state index in [1.54, 1.807) is 0 Å². The van der Waals surface area contributed by atoms with Gasteiger partial charge in [0.1, 0.15) is 0 Å². The van der Waals surface area contributed by atoms with Crippen LogP contribution in [-0.4, -0.2) is 11.9 Å². The van der Waals surface area contributed by atoms with Gasteiger partial charge in [-0.2, -0.15) is 0 Å². The average molecular weight is 292 g/mol. The highest BCUT2D eigenvalue weighted by molar-refractivity contribution is 9.09. The van der Waals surface area contributed by atoms with E-state index in [1.807, 2.05) is 0 Å². The molecule has 0 aromatic heterocycles. The molecule has 17 heavy (non-hydrogen) atoms. The largest absolute Gasteiger partial charge is 0.384 e. The Kier molecular flexibility index (Phi) is 4.06. The van der Waals surface area contributed by atoms with E-state index in [-0.39, 0.29) is 0 Å². The minimum atomic E-state index is 1.01. The van der Waals surface area contributed by atoms with Crippen LogP contribution in [0.4, 0.5) is 5.69 Å². The first-order valence-electron chi connectivity index (χ1n) is 6.02. The molecule has 0 aliphatic carbocycles. The van der Waals surface area contributed by atoms with Crippen LogP contribution in [-0.2, 0) is 0 Å². The number of rotatable bonds is 4. The maximum Gasteiger partial charge on any atom is 0.0449 e. The predicted molar refractivity (Wildman–Crippen MR) is 80.3 cm³/mol. The van der Waals surface area contributed by atoms with Crippen LogP contribution in [0.1, 0.15) is 17.5 Å². The average Bonchev–Trinajstić information content (AvgIpc) is 2.32. The molecule has 0 unspecified atom stereocenters. The summed E-state index contributed by atoms with van der Waals surface area (Å²) in [5.74, 6) is 0. The van der Waals surface area contributed by atoms with Gasteiger partial charge in [-0.15, -0.1) is 0 Å². The molecular formula is C15H18BrN. The van der Waals surface area contributed by atoms with Gasteiger partial charge < -0.3 is 5.32 Å². The molecule has 1 N–H and O–H groups in total. The Morgan fingerprint density at radius 1 is 1.12 bits per heavy atom. The van der Waals surface area contributed by atoms with Gasteiger partial charge in [-0.05, 0) is 31.2 Å². The molecule has 0 aliphatic heterocycles. The van der Waals surface area contributed by atoms with Crippen molar-refractivity contribution in [3.63, 3.8) is 0 Å².